The fourth-order valence-corrected chi connectivity index (χ4v) is 1.48. The second-order valence-electron chi connectivity index (χ2n) is 2.95. The summed E-state index contributed by atoms with van der Waals surface area (Å²) in [7, 11) is 0. The van der Waals surface area contributed by atoms with Gasteiger partial charge in [-0.2, -0.15) is 5.10 Å². The predicted octanol–water partition coefficient (Wildman–Crippen LogP) is 1.16. The quantitative estimate of drug-likeness (QED) is 0.646. The summed E-state index contributed by atoms with van der Waals surface area (Å²) < 4.78 is 0. The Kier molecular flexibility index (Phi) is 1.38. The van der Waals surface area contributed by atoms with Crippen molar-refractivity contribution in [2.24, 2.45) is 10.1 Å². The molecule has 3 rings (SSSR count). The number of H-pyrrole nitrogens is 1. The van der Waals surface area contributed by atoms with Crippen molar-refractivity contribution in [1.29, 1.82) is 0 Å². The van der Waals surface area contributed by atoms with Crippen molar-refractivity contribution < 1.29 is 0 Å². The molecule has 0 saturated heterocycles. The topological polar surface area (TPSA) is 65.4 Å². The highest BCUT2D eigenvalue weighted by Gasteiger charge is 2.08. The van der Waals surface area contributed by atoms with Crippen molar-refractivity contribution >= 4 is 29.3 Å². The molecule has 2 aromatic rings. The van der Waals surface area contributed by atoms with Gasteiger partial charge in [-0.15, -0.1) is 0 Å². The van der Waals surface area contributed by atoms with E-state index < -0.39 is 0 Å². The van der Waals surface area contributed by atoms with E-state index in [9.17, 15) is 0 Å². The van der Waals surface area contributed by atoms with Crippen LogP contribution in [-0.2, 0) is 0 Å². The lowest BCUT2D eigenvalue weighted by atomic mass is 10.1. The number of aromatic nitrogens is 2. The minimum Gasteiger partial charge on any atom is -0.345 e. The zero-order valence-corrected chi connectivity index (χ0v) is 7.23. The average molecular weight is 185 g/mol. The fraction of sp³-hybridized carbons (Fsp3) is 0. The third-order valence-electron chi connectivity index (χ3n) is 2.13. The van der Waals surface area contributed by atoms with Gasteiger partial charge < -0.3 is 4.98 Å². The molecule has 0 aliphatic carbocycles. The van der Waals surface area contributed by atoms with E-state index in [2.05, 4.69) is 25.5 Å². The monoisotopic (exact) mass is 185 g/mol. The SMILES string of the molecule is C1=NNC=Nc2c1ccc1[nH]cnc21. The molecule has 2 heterocycles. The van der Waals surface area contributed by atoms with Crippen LogP contribution in [0.1, 0.15) is 5.56 Å². The maximum Gasteiger partial charge on any atom is 0.115 e. The molecule has 1 aromatic heterocycles. The minimum atomic E-state index is 0.845. The van der Waals surface area contributed by atoms with Gasteiger partial charge in [0.05, 0.1) is 18.1 Å². The number of rotatable bonds is 0. The molecule has 68 valence electrons. The first-order valence-electron chi connectivity index (χ1n) is 4.22. The summed E-state index contributed by atoms with van der Waals surface area (Å²) in [6.45, 7) is 0. The molecule has 0 radical (unpaired) electrons. The lowest BCUT2D eigenvalue weighted by Gasteiger charge is -1.97. The van der Waals surface area contributed by atoms with Gasteiger partial charge in [0, 0.05) is 5.56 Å². The van der Waals surface area contributed by atoms with Gasteiger partial charge in [-0.1, -0.05) is 0 Å². The first kappa shape index (κ1) is 7.25. The lowest BCUT2D eigenvalue weighted by molar-refractivity contribution is 1.07. The molecule has 0 unspecified atom stereocenters. The molecule has 1 aliphatic heterocycles. The molecule has 0 saturated carbocycles. The first-order valence-corrected chi connectivity index (χ1v) is 4.22. The van der Waals surface area contributed by atoms with Gasteiger partial charge in [-0.25, -0.2) is 9.98 Å². The standard InChI is InChI=1S/C9H7N5/c1-2-7-9(11-4-10-7)8-6(1)3-13-14-5-12-8/h1-5H,(H,10,11)(H,12,14). The minimum absolute atomic E-state index is 0.845. The van der Waals surface area contributed by atoms with Crippen LogP contribution in [0.25, 0.3) is 11.0 Å². The molecule has 14 heavy (non-hydrogen) atoms. The van der Waals surface area contributed by atoms with E-state index >= 15 is 0 Å². The Hall–Kier alpha value is -2.17. The zero-order valence-electron chi connectivity index (χ0n) is 7.23. The Morgan fingerprint density at radius 3 is 3.21 bits per heavy atom. The normalized spacial score (nSPS) is 13.7. The Bertz CT molecular complexity index is 537. The zero-order chi connectivity index (χ0) is 9.38. The van der Waals surface area contributed by atoms with E-state index in [1.54, 1.807) is 18.9 Å². The van der Waals surface area contributed by atoms with Gasteiger partial charge in [0.25, 0.3) is 0 Å². The number of nitrogens with one attached hydrogen (secondary N) is 2. The summed E-state index contributed by atoms with van der Waals surface area (Å²) in [5, 5.41) is 3.94. The summed E-state index contributed by atoms with van der Waals surface area (Å²) >= 11 is 0. The number of fused-ring (bicyclic) bond motifs is 3. The van der Waals surface area contributed by atoms with Crippen molar-refractivity contribution in [3.05, 3.63) is 24.0 Å². The van der Waals surface area contributed by atoms with Crippen molar-refractivity contribution in [3.8, 4) is 0 Å². The largest absolute Gasteiger partial charge is 0.345 e. The number of benzene rings is 1. The summed E-state index contributed by atoms with van der Waals surface area (Å²) in [6, 6.07) is 3.93. The second kappa shape index (κ2) is 2.66. The van der Waals surface area contributed by atoms with Crippen molar-refractivity contribution in [2.75, 3.05) is 0 Å². The highest BCUT2D eigenvalue weighted by Crippen LogP contribution is 2.26. The molecular formula is C9H7N5. The van der Waals surface area contributed by atoms with Crippen LogP contribution in [0.5, 0.6) is 0 Å². The number of hydrogen-bond donors (Lipinski definition) is 2. The summed E-state index contributed by atoms with van der Waals surface area (Å²) in [4.78, 5) is 11.5. The van der Waals surface area contributed by atoms with Crippen LogP contribution in [0.3, 0.4) is 0 Å². The van der Waals surface area contributed by atoms with E-state index in [4.69, 9.17) is 0 Å². The van der Waals surface area contributed by atoms with Crippen LogP contribution in [-0.4, -0.2) is 22.5 Å². The molecule has 5 heteroatoms. The predicted molar refractivity (Wildman–Crippen MR) is 55.0 cm³/mol. The number of hydrogen-bond acceptors (Lipinski definition) is 4. The van der Waals surface area contributed by atoms with Crippen LogP contribution in [0, 0.1) is 0 Å². The van der Waals surface area contributed by atoms with E-state index in [0.717, 1.165) is 22.3 Å². The van der Waals surface area contributed by atoms with Gasteiger partial charge in [-0.3, -0.25) is 5.43 Å². The third-order valence-corrected chi connectivity index (χ3v) is 2.13. The molecule has 0 amide bonds. The molecule has 2 N–H and O–H groups in total. The van der Waals surface area contributed by atoms with Gasteiger partial charge in [-0.05, 0) is 12.1 Å². The van der Waals surface area contributed by atoms with Crippen LogP contribution >= 0.6 is 0 Å². The van der Waals surface area contributed by atoms with Gasteiger partial charge in [0.2, 0.25) is 0 Å². The molecular weight excluding hydrogens is 178 g/mol. The molecule has 5 nitrogen and oxygen atoms in total. The maximum atomic E-state index is 4.24. The number of hydrazone groups is 1. The highest BCUT2D eigenvalue weighted by atomic mass is 15.3. The third kappa shape index (κ3) is 0.922. The Morgan fingerprint density at radius 2 is 2.21 bits per heavy atom. The van der Waals surface area contributed by atoms with Crippen molar-refractivity contribution in [1.82, 2.24) is 15.4 Å². The summed E-state index contributed by atoms with van der Waals surface area (Å²) in [5.74, 6) is 0. The average Bonchev–Trinajstić information content (AvgIpc) is 2.55. The molecule has 1 aliphatic rings. The Balaban J connectivity index is 2.43. The summed E-state index contributed by atoms with van der Waals surface area (Å²) in [6.07, 6.45) is 4.95. The number of aromatic amines is 1. The van der Waals surface area contributed by atoms with E-state index in [-0.39, 0.29) is 0 Å². The van der Waals surface area contributed by atoms with Crippen molar-refractivity contribution in [2.45, 2.75) is 0 Å². The maximum absolute atomic E-state index is 4.24. The van der Waals surface area contributed by atoms with Crippen LogP contribution in [0.4, 0.5) is 5.69 Å². The van der Waals surface area contributed by atoms with Crippen molar-refractivity contribution in [3.63, 3.8) is 0 Å². The highest BCUT2D eigenvalue weighted by molar-refractivity contribution is 6.00. The molecule has 0 atom stereocenters. The number of nitrogens with zero attached hydrogens (tertiary/aromatic N) is 3. The molecule has 0 fully saturated rings. The van der Waals surface area contributed by atoms with E-state index in [1.807, 2.05) is 12.1 Å². The Labute approximate surface area is 79.6 Å². The number of aliphatic imine (C=N–C) groups is 1. The van der Waals surface area contributed by atoms with Crippen LogP contribution in [0.2, 0.25) is 0 Å². The molecule has 0 bridgehead atoms. The van der Waals surface area contributed by atoms with Gasteiger partial charge >= 0.3 is 0 Å². The Morgan fingerprint density at radius 1 is 1.21 bits per heavy atom. The first-order chi connectivity index (χ1) is 6.95. The fourth-order valence-electron chi connectivity index (χ4n) is 1.48. The lowest BCUT2D eigenvalue weighted by Crippen LogP contribution is -1.98. The summed E-state index contributed by atoms with van der Waals surface area (Å²) in [5.41, 5.74) is 6.35. The smallest absolute Gasteiger partial charge is 0.115 e. The number of imidazole rings is 1. The second-order valence-corrected chi connectivity index (χ2v) is 2.95. The van der Waals surface area contributed by atoms with Gasteiger partial charge in [0.15, 0.2) is 0 Å². The van der Waals surface area contributed by atoms with Gasteiger partial charge in [0.1, 0.15) is 17.5 Å². The molecule has 1 aromatic carbocycles. The van der Waals surface area contributed by atoms with E-state index in [1.165, 1.54) is 0 Å². The van der Waals surface area contributed by atoms with E-state index in [0.29, 0.717) is 0 Å². The van der Waals surface area contributed by atoms with Crippen LogP contribution < -0.4 is 5.43 Å². The van der Waals surface area contributed by atoms with Crippen LogP contribution in [0.15, 0.2) is 28.6 Å². The molecule has 0 spiro atoms.